The van der Waals surface area contributed by atoms with Gasteiger partial charge in [-0.2, -0.15) is 16.8 Å². The van der Waals surface area contributed by atoms with Gasteiger partial charge in [-0.05, 0) is 77.5 Å². The molecule has 6 rings (SSSR count). The Kier molecular flexibility index (Phi) is 9.54. The first-order valence-corrected chi connectivity index (χ1v) is 17.9. The quantitative estimate of drug-likeness (QED) is 0.104. The minimum Gasteiger partial charge on any atom is -0.484 e. The van der Waals surface area contributed by atoms with E-state index in [1.165, 1.54) is 54.6 Å². The van der Waals surface area contributed by atoms with Crippen LogP contribution in [0.5, 0.6) is 5.75 Å². The van der Waals surface area contributed by atoms with Crippen LogP contribution in [0.1, 0.15) is 20.7 Å². The predicted octanol–water partition coefficient (Wildman–Crippen LogP) is 6.01. The number of carbonyl (C=O) groups is 3. The Bertz CT molecular complexity index is 2430. The van der Waals surface area contributed by atoms with E-state index in [9.17, 15) is 40.3 Å². The van der Waals surface area contributed by atoms with E-state index in [0.717, 1.165) is 0 Å². The summed E-state index contributed by atoms with van der Waals surface area (Å²) in [5, 5.41) is 9.92. The number of rotatable bonds is 10. The molecule has 0 unspecified atom stereocenters. The minimum atomic E-state index is -4.47. The summed E-state index contributed by atoms with van der Waals surface area (Å²) in [5.74, 6) is -1.46. The summed E-state index contributed by atoms with van der Waals surface area (Å²) >= 11 is 0. The predicted molar refractivity (Wildman–Crippen MR) is 190 cm³/mol. The maximum Gasteiger partial charge on any atom is 0.294 e. The zero-order chi connectivity index (χ0) is 36.3. The molecule has 258 valence electrons. The SMILES string of the molecule is O=C(COc1ccccc1)Nc1cc(C(=O)Nc2cccc3cc(S(=O)(=O)O)ccc23)cc(C(=O)Nc2cccc3cc(S(=O)(=O)O)ccc23)c1. The van der Waals surface area contributed by atoms with E-state index < -0.39 is 38.0 Å². The molecule has 0 aliphatic rings. The van der Waals surface area contributed by atoms with Gasteiger partial charge in [-0.25, -0.2) is 0 Å². The van der Waals surface area contributed by atoms with Crippen molar-refractivity contribution in [3.05, 3.63) is 132 Å². The molecule has 0 radical (unpaired) electrons. The lowest BCUT2D eigenvalue weighted by Crippen LogP contribution is -2.22. The summed E-state index contributed by atoms with van der Waals surface area (Å²) in [7, 11) is -8.93. The first-order chi connectivity index (χ1) is 24.2. The molecule has 0 aliphatic heterocycles. The van der Waals surface area contributed by atoms with Crippen LogP contribution in [0, 0.1) is 0 Å². The highest BCUT2D eigenvalue weighted by molar-refractivity contribution is 7.86. The number of amides is 3. The van der Waals surface area contributed by atoms with Gasteiger partial charge in [-0.1, -0.05) is 54.6 Å². The molecule has 0 spiro atoms. The van der Waals surface area contributed by atoms with E-state index in [-0.39, 0.29) is 33.2 Å². The first kappa shape index (κ1) is 34.7. The van der Waals surface area contributed by atoms with Crippen molar-refractivity contribution in [2.75, 3.05) is 22.6 Å². The molecule has 0 saturated carbocycles. The molecule has 0 atom stereocenters. The molecule has 6 aromatic carbocycles. The van der Waals surface area contributed by atoms with Crippen LogP contribution in [-0.2, 0) is 25.0 Å². The van der Waals surface area contributed by atoms with Gasteiger partial charge in [0.25, 0.3) is 38.0 Å². The number of nitrogens with one attached hydrogen (secondary N) is 3. The number of anilines is 3. The standard InChI is InChI=1S/C36H27N3O10S2/c40-34(21-49-27-8-2-1-3-9-27)37-26-17-24(35(41)38-32-10-4-6-22-19-28(50(43,44)45)12-14-30(22)32)16-25(18-26)36(42)39-33-11-5-7-23-20-29(51(46,47)48)13-15-31(23)33/h1-20H,21H2,(H,37,40)(H,38,41)(H,39,42)(H,43,44,45)(H,46,47,48). The maximum atomic E-state index is 13.7. The maximum absolute atomic E-state index is 13.7. The Hall–Kier alpha value is -6.13. The van der Waals surface area contributed by atoms with Crippen LogP contribution in [0.25, 0.3) is 21.5 Å². The molecule has 51 heavy (non-hydrogen) atoms. The van der Waals surface area contributed by atoms with Gasteiger partial charge in [0.15, 0.2) is 6.61 Å². The molecule has 0 heterocycles. The Morgan fingerprint density at radius 1 is 0.549 bits per heavy atom. The summed E-state index contributed by atoms with van der Waals surface area (Å²) in [5.41, 5.74) is 0.654. The number of carbonyl (C=O) groups excluding carboxylic acids is 3. The van der Waals surface area contributed by atoms with Gasteiger partial charge in [0, 0.05) is 39.0 Å². The van der Waals surface area contributed by atoms with E-state index in [2.05, 4.69) is 16.0 Å². The van der Waals surface area contributed by atoms with Crippen LogP contribution in [0.4, 0.5) is 17.1 Å². The van der Waals surface area contributed by atoms with E-state index in [0.29, 0.717) is 38.7 Å². The Balaban J connectivity index is 1.32. The van der Waals surface area contributed by atoms with Crippen LogP contribution in [0.15, 0.2) is 131 Å². The largest absolute Gasteiger partial charge is 0.484 e. The highest BCUT2D eigenvalue weighted by atomic mass is 32.2. The highest BCUT2D eigenvalue weighted by Gasteiger charge is 2.18. The van der Waals surface area contributed by atoms with Crippen molar-refractivity contribution in [3.8, 4) is 5.75 Å². The monoisotopic (exact) mass is 725 g/mol. The summed E-state index contributed by atoms with van der Waals surface area (Å²) < 4.78 is 71.0. The lowest BCUT2D eigenvalue weighted by molar-refractivity contribution is -0.118. The number of benzene rings is 6. The zero-order valence-corrected chi connectivity index (χ0v) is 27.9. The number of ether oxygens (including phenoxy) is 1. The summed E-state index contributed by atoms with van der Waals surface area (Å²) in [6.07, 6.45) is 0. The average molecular weight is 726 g/mol. The molecule has 3 amide bonds. The van der Waals surface area contributed by atoms with Crippen molar-refractivity contribution in [3.63, 3.8) is 0 Å². The molecule has 0 fully saturated rings. The molecular weight excluding hydrogens is 699 g/mol. The number of para-hydroxylation sites is 1. The van der Waals surface area contributed by atoms with Crippen molar-refractivity contribution >= 4 is 76.6 Å². The van der Waals surface area contributed by atoms with Crippen molar-refractivity contribution in [1.29, 1.82) is 0 Å². The van der Waals surface area contributed by atoms with Gasteiger partial charge in [0.2, 0.25) is 0 Å². The van der Waals surface area contributed by atoms with Crippen molar-refractivity contribution in [1.82, 2.24) is 0 Å². The molecule has 13 nitrogen and oxygen atoms in total. The molecular formula is C36H27N3O10S2. The highest BCUT2D eigenvalue weighted by Crippen LogP contribution is 2.29. The fraction of sp³-hybridized carbons (Fsp3) is 0.0278. The third kappa shape index (κ3) is 8.20. The lowest BCUT2D eigenvalue weighted by Gasteiger charge is -2.14. The van der Waals surface area contributed by atoms with E-state index >= 15 is 0 Å². The topological polar surface area (TPSA) is 205 Å². The first-order valence-electron chi connectivity index (χ1n) is 15.0. The normalized spacial score (nSPS) is 11.6. The van der Waals surface area contributed by atoms with Gasteiger partial charge >= 0.3 is 0 Å². The van der Waals surface area contributed by atoms with Crippen LogP contribution in [0.3, 0.4) is 0 Å². The van der Waals surface area contributed by atoms with Gasteiger partial charge in [0.05, 0.1) is 9.79 Å². The third-order valence-corrected chi connectivity index (χ3v) is 9.35. The summed E-state index contributed by atoms with van der Waals surface area (Å²) in [4.78, 5) is 39.6. The Labute approximate surface area is 291 Å². The molecule has 6 aromatic rings. The van der Waals surface area contributed by atoms with Gasteiger partial charge < -0.3 is 20.7 Å². The fourth-order valence-electron chi connectivity index (χ4n) is 5.28. The molecule has 5 N–H and O–H groups in total. The van der Waals surface area contributed by atoms with Gasteiger partial charge in [0.1, 0.15) is 5.75 Å². The summed E-state index contributed by atoms with van der Waals surface area (Å²) in [6, 6.07) is 30.0. The average Bonchev–Trinajstić information content (AvgIpc) is 3.10. The molecule has 0 aliphatic carbocycles. The van der Waals surface area contributed by atoms with Crippen LogP contribution >= 0.6 is 0 Å². The van der Waals surface area contributed by atoms with Crippen LogP contribution in [0.2, 0.25) is 0 Å². The Morgan fingerprint density at radius 2 is 1.04 bits per heavy atom. The van der Waals surface area contributed by atoms with E-state index in [4.69, 9.17) is 4.74 Å². The van der Waals surface area contributed by atoms with Crippen LogP contribution in [-0.4, -0.2) is 50.3 Å². The summed E-state index contributed by atoms with van der Waals surface area (Å²) in [6.45, 7) is -0.370. The number of hydrogen-bond donors (Lipinski definition) is 5. The Morgan fingerprint density at radius 3 is 1.51 bits per heavy atom. The van der Waals surface area contributed by atoms with Crippen LogP contribution < -0.4 is 20.7 Å². The second-order valence-electron chi connectivity index (χ2n) is 11.2. The second-order valence-corrected chi connectivity index (χ2v) is 14.0. The number of hydrogen-bond acceptors (Lipinski definition) is 8. The molecule has 0 saturated heterocycles. The zero-order valence-electron chi connectivity index (χ0n) is 26.2. The van der Waals surface area contributed by atoms with E-state index in [1.807, 2.05) is 0 Å². The number of fused-ring (bicyclic) bond motifs is 2. The van der Waals surface area contributed by atoms with Crippen molar-refractivity contribution < 1.29 is 45.1 Å². The van der Waals surface area contributed by atoms with Crippen molar-refractivity contribution in [2.24, 2.45) is 0 Å². The fourth-order valence-corrected chi connectivity index (χ4v) is 6.31. The second kappa shape index (κ2) is 14.0. The smallest absolute Gasteiger partial charge is 0.294 e. The third-order valence-electron chi connectivity index (χ3n) is 7.65. The molecule has 15 heteroatoms. The van der Waals surface area contributed by atoms with Gasteiger partial charge in [-0.15, -0.1) is 0 Å². The lowest BCUT2D eigenvalue weighted by atomic mass is 10.1. The molecule has 0 aromatic heterocycles. The van der Waals surface area contributed by atoms with Crippen molar-refractivity contribution in [2.45, 2.75) is 9.79 Å². The van der Waals surface area contributed by atoms with Gasteiger partial charge in [-0.3, -0.25) is 23.5 Å². The molecule has 0 bridgehead atoms. The minimum absolute atomic E-state index is 0.0239. The van der Waals surface area contributed by atoms with E-state index in [1.54, 1.807) is 66.7 Å².